The number of nitrogens with one attached hydrogen (secondary N) is 2. The molecule has 5 nitrogen and oxygen atoms in total. The molecular formula is C11H17ClN2O3S. The first-order valence-corrected chi connectivity index (χ1v) is 6.71. The van der Waals surface area contributed by atoms with Gasteiger partial charge < -0.3 is 5.32 Å². The molecule has 0 atom stereocenters. The number of likely N-dealkylation sites (N-methyl/N-ethyl adjacent to an activating group) is 1. The lowest BCUT2D eigenvalue weighted by molar-refractivity contribution is 0.101. The molecule has 0 spiro atoms. The lowest BCUT2D eigenvalue weighted by Gasteiger charge is -2.07. The van der Waals surface area contributed by atoms with E-state index in [0.29, 0.717) is 18.7 Å². The Labute approximate surface area is 113 Å². The average Bonchev–Trinajstić information content (AvgIpc) is 2.29. The number of rotatable bonds is 6. The topological polar surface area (TPSA) is 75.3 Å². The van der Waals surface area contributed by atoms with Gasteiger partial charge in [-0.15, -0.1) is 12.4 Å². The lowest BCUT2D eigenvalue weighted by atomic mass is 10.2. The van der Waals surface area contributed by atoms with Crippen LogP contribution < -0.4 is 10.0 Å². The van der Waals surface area contributed by atoms with Gasteiger partial charge in [0.05, 0.1) is 4.90 Å². The van der Waals surface area contributed by atoms with Gasteiger partial charge in [0.15, 0.2) is 5.78 Å². The molecule has 0 radical (unpaired) electrons. The van der Waals surface area contributed by atoms with Crippen molar-refractivity contribution in [1.82, 2.24) is 10.0 Å². The van der Waals surface area contributed by atoms with E-state index < -0.39 is 10.0 Å². The van der Waals surface area contributed by atoms with Crippen molar-refractivity contribution < 1.29 is 13.2 Å². The van der Waals surface area contributed by atoms with Crippen LogP contribution in [0.15, 0.2) is 29.2 Å². The molecule has 0 saturated heterocycles. The fourth-order valence-electron chi connectivity index (χ4n) is 1.28. The van der Waals surface area contributed by atoms with Gasteiger partial charge in [-0.3, -0.25) is 4.79 Å². The van der Waals surface area contributed by atoms with Crippen LogP contribution in [0, 0.1) is 0 Å². The molecule has 1 aromatic rings. The van der Waals surface area contributed by atoms with Crippen LogP contribution in [0.3, 0.4) is 0 Å². The number of hydrogen-bond acceptors (Lipinski definition) is 4. The van der Waals surface area contributed by atoms with E-state index >= 15 is 0 Å². The number of Topliss-reactive ketones (excluding diaryl/α,β-unsaturated/α-hetero) is 1. The van der Waals surface area contributed by atoms with E-state index in [1.165, 1.54) is 19.1 Å². The zero-order valence-electron chi connectivity index (χ0n) is 10.3. The molecule has 0 aliphatic heterocycles. The summed E-state index contributed by atoms with van der Waals surface area (Å²) in [6, 6.07) is 6.00. The van der Waals surface area contributed by atoms with Gasteiger partial charge in [0.2, 0.25) is 10.0 Å². The zero-order chi connectivity index (χ0) is 12.9. The Morgan fingerprint density at radius 2 is 1.94 bits per heavy atom. The minimum absolute atomic E-state index is 0. The highest BCUT2D eigenvalue weighted by atomic mass is 35.5. The first kappa shape index (κ1) is 17.1. The lowest BCUT2D eigenvalue weighted by Crippen LogP contribution is -2.30. The third kappa shape index (κ3) is 4.73. The highest BCUT2D eigenvalue weighted by Crippen LogP contribution is 2.11. The summed E-state index contributed by atoms with van der Waals surface area (Å²) in [7, 11) is -1.79. The molecule has 0 unspecified atom stereocenters. The van der Waals surface area contributed by atoms with Crippen LogP contribution >= 0.6 is 12.4 Å². The van der Waals surface area contributed by atoms with Crippen molar-refractivity contribution in [3.8, 4) is 0 Å². The van der Waals surface area contributed by atoms with Crippen LogP contribution in [0.4, 0.5) is 0 Å². The monoisotopic (exact) mass is 292 g/mol. The van der Waals surface area contributed by atoms with Gasteiger partial charge in [-0.1, -0.05) is 12.1 Å². The third-order valence-corrected chi connectivity index (χ3v) is 3.68. The predicted molar refractivity (Wildman–Crippen MR) is 72.8 cm³/mol. The van der Waals surface area contributed by atoms with Crippen molar-refractivity contribution in [3.05, 3.63) is 29.8 Å². The van der Waals surface area contributed by atoms with Crippen LogP contribution in [-0.2, 0) is 10.0 Å². The van der Waals surface area contributed by atoms with Crippen LogP contribution in [-0.4, -0.2) is 34.3 Å². The van der Waals surface area contributed by atoms with Crippen molar-refractivity contribution in [2.24, 2.45) is 0 Å². The minimum atomic E-state index is -3.53. The number of sulfonamides is 1. The number of carbonyl (C=O) groups is 1. The molecule has 0 aliphatic rings. The maximum absolute atomic E-state index is 11.8. The maximum atomic E-state index is 11.8. The molecular weight excluding hydrogens is 276 g/mol. The van der Waals surface area contributed by atoms with Gasteiger partial charge in [-0.25, -0.2) is 13.1 Å². The second-order valence-corrected chi connectivity index (χ2v) is 5.35. The SMILES string of the molecule is CNCCNS(=O)(=O)c1cccc(C(C)=O)c1.Cl. The van der Waals surface area contributed by atoms with Gasteiger partial charge in [0, 0.05) is 18.7 Å². The Morgan fingerprint density at radius 3 is 2.50 bits per heavy atom. The highest BCUT2D eigenvalue weighted by Gasteiger charge is 2.14. The summed E-state index contributed by atoms with van der Waals surface area (Å²) < 4.78 is 26.1. The molecule has 7 heteroatoms. The van der Waals surface area contributed by atoms with E-state index in [4.69, 9.17) is 0 Å². The second-order valence-electron chi connectivity index (χ2n) is 3.59. The number of benzene rings is 1. The van der Waals surface area contributed by atoms with Crippen LogP contribution in [0.2, 0.25) is 0 Å². The van der Waals surface area contributed by atoms with Gasteiger partial charge in [-0.2, -0.15) is 0 Å². The first-order chi connectivity index (χ1) is 7.97. The summed E-state index contributed by atoms with van der Waals surface area (Å²) >= 11 is 0. The van der Waals surface area contributed by atoms with Crippen LogP contribution in [0.1, 0.15) is 17.3 Å². The first-order valence-electron chi connectivity index (χ1n) is 5.22. The van der Waals surface area contributed by atoms with E-state index in [1.54, 1.807) is 19.2 Å². The molecule has 0 aliphatic carbocycles. The van der Waals surface area contributed by atoms with Gasteiger partial charge in [0.25, 0.3) is 0 Å². The van der Waals surface area contributed by atoms with Crippen molar-refractivity contribution >= 4 is 28.2 Å². The molecule has 0 amide bonds. The fraction of sp³-hybridized carbons (Fsp3) is 0.364. The number of carbonyl (C=O) groups excluding carboxylic acids is 1. The van der Waals surface area contributed by atoms with E-state index in [9.17, 15) is 13.2 Å². The minimum Gasteiger partial charge on any atom is -0.318 e. The summed E-state index contributed by atoms with van der Waals surface area (Å²) in [5, 5.41) is 2.84. The van der Waals surface area contributed by atoms with Crippen LogP contribution in [0.25, 0.3) is 0 Å². The average molecular weight is 293 g/mol. The van der Waals surface area contributed by atoms with E-state index in [2.05, 4.69) is 10.0 Å². The third-order valence-electron chi connectivity index (χ3n) is 2.22. The standard InChI is InChI=1S/C11H16N2O3S.ClH/c1-9(14)10-4-3-5-11(8-10)17(15,16)13-7-6-12-2;/h3-5,8,12-13H,6-7H2,1-2H3;1H. The van der Waals surface area contributed by atoms with Crippen molar-refractivity contribution in [2.75, 3.05) is 20.1 Å². The maximum Gasteiger partial charge on any atom is 0.240 e. The summed E-state index contributed by atoms with van der Waals surface area (Å²) in [6.07, 6.45) is 0. The second kappa shape index (κ2) is 7.48. The summed E-state index contributed by atoms with van der Waals surface area (Å²) in [6.45, 7) is 2.26. The number of hydrogen-bond donors (Lipinski definition) is 2. The fourth-order valence-corrected chi connectivity index (χ4v) is 2.35. The highest BCUT2D eigenvalue weighted by molar-refractivity contribution is 7.89. The van der Waals surface area contributed by atoms with Crippen molar-refractivity contribution in [1.29, 1.82) is 0 Å². The molecule has 18 heavy (non-hydrogen) atoms. The normalized spacial score (nSPS) is 10.8. The zero-order valence-corrected chi connectivity index (χ0v) is 11.9. The summed E-state index contributed by atoms with van der Waals surface area (Å²) in [5.74, 6) is -0.155. The Kier molecular flexibility index (Phi) is 7.08. The molecule has 0 heterocycles. The largest absolute Gasteiger partial charge is 0.318 e. The summed E-state index contributed by atoms with van der Waals surface area (Å²) in [5.41, 5.74) is 0.390. The quantitative estimate of drug-likeness (QED) is 0.601. The predicted octanol–water partition coefficient (Wildman–Crippen LogP) is 0.809. The Bertz CT molecular complexity index is 503. The molecule has 2 N–H and O–H groups in total. The number of halogens is 1. The molecule has 0 saturated carbocycles. The van der Waals surface area contributed by atoms with Gasteiger partial charge >= 0.3 is 0 Å². The molecule has 0 fully saturated rings. The van der Waals surface area contributed by atoms with E-state index in [1.807, 2.05) is 0 Å². The Hall–Kier alpha value is -0.950. The molecule has 102 valence electrons. The van der Waals surface area contributed by atoms with Crippen LogP contribution in [0.5, 0.6) is 0 Å². The molecule has 0 bridgehead atoms. The number of ketones is 1. The summed E-state index contributed by atoms with van der Waals surface area (Å²) in [4.78, 5) is 11.3. The smallest absolute Gasteiger partial charge is 0.240 e. The molecule has 1 rings (SSSR count). The van der Waals surface area contributed by atoms with Crippen molar-refractivity contribution in [2.45, 2.75) is 11.8 Å². The molecule has 0 aromatic heterocycles. The van der Waals surface area contributed by atoms with Crippen molar-refractivity contribution in [3.63, 3.8) is 0 Å². The van der Waals surface area contributed by atoms with Gasteiger partial charge in [-0.05, 0) is 26.1 Å². The Balaban J connectivity index is 0.00000289. The Morgan fingerprint density at radius 1 is 1.28 bits per heavy atom. The van der Waals surface area contributed by atoms with E-state index in [0.717, 1.165) is 0 Å². The molecule has 1 aromatic carbocycles. The van der Waals surface area contributed by atoms with E-state index in [-0.39, 0.29) is 23.1 Å². The van der Waals surface area contributed by atoms with Gasteiger partial charge in [0.1, 0.15) is 0 Å².